The molecule has 0 bridgehead atoms. The van der Waals surface area contributed by atoms with Crippen molar-refractivity contribution in [2.24, 2.45) is 4.30 Å². The molecule has 0 aliphatic rings. The van der Waals surface area contributed by atoms with Gasteiger partial charge in [0.25, 0.3) is 0 Å². The van der Waals surface area contributed by atoms with E-state index in [-0.39, 0.29) is 18.9 Å². The molecule has 1 radical (unpaired) electrons. The van der Waals surface area contributed by atoms with E-state index in [4.69, 9.17) is 33.4 Å². The number of thiol groups is 1. The third-order valence-corrected chi connectivity index (χ3v) is 3.81. The van der Waals surface area contributed by atoms with Gasteiger partial charge in [0.2, 0.25) is 0 Å². The molecule has 0 aliphatic carbocycles. The van der Waals surface area contributed by atoms with E-state index in [1.807, 2.05) is 19.9 Å². The van der Waals surface area contributed by atoms with E-state index in [0.717, 1.165) is 15.6 Å². The van der Waals surface area contributed by atoms with Gasteiger partial charge in [0.1, 0.15) is 11.5 Å². The number of aromatic hydroxyl groups is 2. The van der Waals surface area contributed by atoms with E-state index >= 15 is 0 Å². The quantitative estimate of drug-likeness (QED) is 0.335. The van der Waals surface area contributed by atoms with Gasteiger partial charge in [-0.05, 0) is 49.2 Å². The van der Waals surface area contributed by atoms with Crippen LogP contribution < -0.4 is 0 Å². The zero-order valence-electron chi connectivity index (χ0n) is 11.9. The summed E-state index contributed by atoms with van der Waals surface area (Å²) in [4.78, 5) is 0. The first-order valence-electron chi connectivity index (χ1n) is 5.87. The third kappa shape index (κ3) is 9.92. The summed E-state index contributed by atoms with van der Waals surface area (Å²) in [5.41, 5.74) is 1.99. The van der Waals surface area contributed by atoms with Gasteiger partial charge in [-0.15, -0.1) is 0 Å². The van der Waals surface area contributed by atoms with Crippen LogP contribution in [0.3, 0.4) is 0 Å². The molecule has 8 heteroatoms. The fraction of sp³-hybridized carbons (Fsp3) is 0.200. The second-order valence-corrected chi connectivity index (χ2v) is 6.02. The normalized spacial score (nSPS) is 8.57. The number of nitrogens with zero attached hydrogens (tertiary/aromatic N) is 1. The van der Waals surface area contributed by atoms with Crippen LogP contribution in [0.15, 0.2) is 39.1 Å². The molecule has 3 nitrogen and oxygen atoms in total. The first-order valence-corrected chi connectivity index (χ1v) is 7.81. The van der Waals surface area contributed by atoms with Crippen molar-refractivity contribution in [3.63, 3.8) is 0 Å². The Hall–Kier alpha value is -0.685. The van der Waals surface area contributed by atoms with Crippen LogP contribution in [0.1, 0.15) is 18.6 Å². The summed E-state index contributed by atoms with van der Waals surface area (Å²) < 4.78 is 3.61. The molecule has 0 saturated heterocycles. The van der Waals surface area contributed by atoms with Crippen LogP contribution >= 0.6 is 51.9 Å². The van der Waals surface area contributed by atoms with Gasteiger partial charge in [-0.3, -0.25) is 0 Å². The van der Waals surface area contributed by atoms with Crippen molar-refractivity contribution in [2.75, 3.05) is 0 Å². The number of halogens is 3. The van der Waals surface area contributed by atoms with Crippen molar-refractivity contribution in [3.8, 4) is 11.5 Å². The molecule has 0 aliphatic heterocycles. The Morgan fingerprint density at radius 2 is 1.52 bits per heavy atom. The Balaban J connectivity index is 0. The number of hydrogen-bond donors (Lipinski definition) is 3. The molecule has 2 N–H and O–H groups in total. The van der Waals surface area contributed by atoms with E-state index in [1.165, 1.54) is 0 Å². The Morgan fingerprint density at radius 3 is 1.91 bits per heavy atom. The van der Waals surface area contributed by atoms with Gasteiger partial charge in [-0.1, -0.05) is 52.6 Å². The number of benzene rings is 2. The molecule has 125 valence electrons. The van der Waals surface area contributed by atoms with Gasteiger partial charge >= 0.3 is 24.8 Å². The van der Waals surface area contributed by atoms with Crippen molar-refractivity contribution in [2.45, 2.75) is 21.3 Å². The Morgan fingerprint density at radius 1 is 1.04 bits per heavy atom. The molecule has 0 unspecified atom stereocenters. The fourth-order valence-electron chi connectivity index (χ4n) is 1.26. The van der Waals surface area contributed by atoms with Gasteiger partial charge in [-0.2, -0.15) is 0 Å². The number of aryl methyl sites for hydroxylation is 2. The fourth-order valence-corrected chi connectivity index (χ4v) is 2.02. The zero-order chi connectivity index (χ0) is 17.3. The Bertz CT molecular complexity index is 595. The molecule has 0 spiro atoms. The topological polar surface area (TPSA) is 52.8 Å². The summed E-state index contributed by atoms with van der Waals surface area (Å²) in [5, 5.41) is 18.8. The molecule has 2 aromatic rings. The molecule has 0 fully saturated rings. The van der Waals surface area contributed by atoms with E-state index in [0.29, 0.717) is 10.0 Å². The van der Waals surface area contributed by atoms with Crippen molar-refractivity contribution >= 4 is 59.6 Å². The molecule has 0 atom stereocenters. The molecule has 2 aromatic carbocycles. The second kappa shape index (κ2) is 12.7. The monoisotopic (exact) mass is 436 g/mol. The molecule has 0 heterocycles. The van der Waals surface area contributed by atoms with Crippen LogP contribution in [0.25, 0.3) is 0 Å². The van der Waals surface area contributed by atoms with E-state index in [2.05, 4.69) is 40.7 Å². The molecular weight excluding hydrogens is 420 g/mol. The first kappa shape index (κ1) is 24.6. The minimum absolute atomic E-state index is 0. The van der Waals surface area contributed by atoms with Crippen molar-refractivity contribution in [1.29, 1.82) is 0 Å². The summed E-state index contributed by atoms with van der Waals surface area (Å²) in [6.07, 6.45) is 0. The van der Waals surface area contributed by atoms with Gasteiger partial charge in [0.05, 0.1) is 10.0 Å². The molecule has 0 saturated carbocycles. The van der Waals surface area contributed by atoms with Crippen LogP contribution in [-0.2, 0) is 0 Å². The summed E-state index contributed by atoms with van der Waals surface area (Å²) in [7, 11) is 4.34. The summed E-state index contributed by atoms with van der Waals surface area (Å²) in [5.74, 6) is 0.277. The molecule has 2 rings (SSSR count). The zero-order valence-corrected chi connectivity index (χ0v) is 15.9. The van der Waals surface area contributed by atoms with E-state index < -0.39 is 0 Å². The Labute approximate surface area is 162 Å². The molecule has 0 aromatic heterocycles. The average molecular weight is 438 g/mol. The Kier molecular flexibility index (Phi) is 13.6. The van der Waals surface area contributed by atoms with Crippen LogP contribution in [0.4, 0.5) is 0 Å². The predicted octanol–water partition coefficient (Wildman–Crippen LogP) is 6.29. The van der Waals surface area contributed by atoms with Crippen molar-refractivity contribution < 1.29 is 10.2 Å². The maximum absolute atomic E-state index is 9.07. The van der Waals surface area contributed by atoms with E-state index in [1.54, 1.807) is 24.3 Å². The van der Waals surface area contributed by atoms with Gasteiger partial charge in [0, 0.05) is 4.47 Å². The van der Waals surface area contributed by atoms with Gasteiger partial charge in [-0.25, -0.2) is 0 Å². The van der Waals surface area contributed by atoms with Crippen molar-refractivity contribution in [3.05, 3.63) is 56.0 Å². The van der Waals surface area contributed by atoms with E-state index in [9.17, 15) is 0 Å². The van der Waals surface area contributed by atoms with Crippen LogP contribution in [0, 0.1) is 13.8 Å². The summed E-state index contributed by atoms with van der Waals surface area (Å²) in [6.45, 7) is 3.79. The van der Waals surface area contributed by atoms with Crippen molar-refractivity contribution in [1.82, 2.24) is 0 Å². The summed E-state index contributed by atoms with van der Waals surface area (Å²) >= 11 is 17.6. The SMILES string of the molecule is C.Cc1cc(O)c(Cl)cc1Br.Cc1ccc(Cl)c(O)c1.[B]=NS. The minimum atomic E-state index is 0. The molecule has 0 amide bonds. The van der Waals surface area contributed by atoms with Gasteiger partial charge in [0.15, 0.2) is 0 Å². The number of phenolic OH excluding ortho intramolecular Hbond substituents is 2. The maximum atomic E-state index is 9.07. The number of rotatable bonds is 0. The average Bonchev–Trinajstić information content (AvgIpc) is 2.43. The van der Waals surface area contributed by atoms with Gasteiger partial charge < -0.3 is 10.2 Å². The number of phenols is 2. The standard InChI is InChI=1S/C7H6BrClO.C7H7ClO.CH4.BHNS/c1-4-2-7(10)6(9)3-5(4)8;1-5-2-3-6(8)7(9)4-5;;1-2-3/h2-3,10H,1H3;2-4,9H,1H3;1H4;3H. The van der Waals surface area contributed by atoms with Crippen LogP contribution in [0.5, 0.6) is 11.5 Å². The number of hydrogen-bond acceptors (Lipinski definition) is 4. The predicted molar refractivity (Wildman–Crippen MR) is 107 cm³/mol. The van der Waals surface area contributed by atoms with Crippen LogP contribution in [0.2, 0.25) is 10.0 Å². The third-order valence-electron chi connectivity index (χ3n) is 2.33. The molecule has 23 heavy (non-hydrogen) atoms. The second-order valence-electron chi connectivity index (χ2n) is 4.12. The summed E-state index contributed by atoms with van der Waals surface area (Å²) in [6, 6.07) is 8.44. The molecular formula is C15H18BBrCl2NO2S. The van der Waals surface area contributed by atoms with Crippen LogP contribution in [-0.4, -0.2) is 17.9 Å². The first-order chi connectivity index (χ1) is 10.2.